The first-order chi connectivity index (χ1) is 8.31. The third-order valence-corrected chi connectivity index (χ3v) is 2.53. The zero-order valence-corrected chi connectivity index (χ0v) is 9.68. The average Bonchev–Trinajstić information content (AvgIpc) is 2.40. The van der Waals surface area contributed by atoms with E-state index in [9.17, 15) is 0 Å². The molecule has 0 aliphatic rings. The van der Waals surface area contributed by atoms with Gasteiger partial charge in [-0.2, -0.15) is 5.26 Å². The number of ether oxygens (including phenoxy) is 1. The highest BCUT2D eigenvalue weighted by Crippen LogP contribution is 2.22. The molecule has 0 unspecified atom stereocenters. The molecule has 2 heteroatoms. The molecule has 0 bridgehead atoms. The summed E-state index contributed by atoms with van der Waals surface area (Å²) in [4.78, 5) is 0. The lowest BCUT2D eigenvalue weighted by molar-refractivity contribution is 0.482. The van der Waals surface area contributed by atoms with Crippen molar-refractivity contribution in [3.8, 4) is 17.6 Å². The van der Waals surface area contributed by atoms with Gasteiger partial charge in [-0.3, -0.25) is 0 Å². The summed E-state index contributed by atoms with van der Waals surface area (Å²) in [7, 11) is 0. The number of nitrogens with zero attached hydrogens (tertiary/aromatic N) is 1. The Balaban J connectivity index is 2.16. The molecule has 0 spiro atoms. The maximum atomic E-state index is 8.70. The standard InChI is InChI=1S/C15H13NO/c1-2-12-4-3-5-15(10-12)17-14-8-6-13(11-16)7-9-14/h3-10H,2H2,1H3. The largest absolute Gasteiger partial charge is 0.457 e. The molecule has 2 nitrogen and oxygen atoms in total. The van der Waals surface area contributed by atoms with E-state index in [1.54, 1.807) is 24.3 Å². The van der Waals surface area contributed by atoms with E-state index in [4.69, 9.17) is 10.00 Å². The second-order valence-corrected chi connectivity index (χ2v) is 3.74. The molecule has 0 aromatic heterocycles. The Kier molecular flexibility index (Phi) is 3.42. The maximum Gasteiger partial charge on any atom is 0.127 e. The summed E-state index contributed by atoms with van der Waals surface area (Å²) in [6.45, 7) is 2.11. The molecule has 0 fully saturated rings. The van der Waals surface area contributed by atoms with Gasteiger partial charge in [-0.15, -0.1) is 0 Å². The number of nitriles is 1. The Labute approximate surface area is 101 Å². The molecule has 0 N–H and O–H groups in total. The Bertz CT molecular complexity index is 538. The van der Waals surface area contributed by atoms with Crippen LogP contribution in [0.2, 0.25) is 0 Å². The highest BCUT2D eigenvalue weighted by Gasteiger charge is 1.98. The maximum absolute atomic E-state index is 8.70. The number of hydrogen-bond donors (Lipinski definition) is 0. The third kappa shape index (κ3) is 2.85. The first-order valence-electron chi connectivity index (χ1n) is 5.59. The zero-order chi connectivity index (χ0) is 12.1. The van der Waals surface area contributed by atoms with Crippen molar-refractivity contribution in [3.05, 3.63) is 59.7 Å². The van der Waals surface area contributed by atoms with Crippen LogP contribution in [0.1, 0.15) is 18.1 Å². The van der Waals surface area contributed by atoms with Gasteiger partial charge in [0.25, 0.3) is 0 Å². The molecule has 2 aromatic rings. The Morgan fingerprint density at radius 2 is 1.82 bits per heavy atom. The lowest BCUT2D eigenvalue weighted by Crippen LogP contribution is -1.86. The van der Waals surface area contributed by atoms with Gasteiger partial charge in [0.2, 0.25) is 0 Å². The molecule has 2 rings (SSSR count). The molecular formula is C15H13NO. The first-order valence-corrected chi connectivity index (χ1v) is 5.59. The van der Waals surface area contributed by atoms with Crippen LogP contribution >= 0.6 is 0 Å². The van der Waals surface area contributed by atoms with Gasteiger partial charge in [-0.25, -0.2) is 0 Å². The summed E-state index contributed by atoms with van der Waals surface area (Å²) in [6, 6.07) is 17.2. The molecule has 0 aliphatic carbocycles. The smallest absolute Gasteiger partial charge is 0.127 e. The van der Waals surface area contributed by atoms with Gasteiger partial charge in [-0.05, 0) is 48.4 Å². The molecule has 0 atom stereocenters. The summed E-state index contributed by atoms with van der Waals surface area (Å²) >= 11 is 0. The van der Waals surface area contributed by atoms with Crippen LogP contribution in [0.15, 0.2) is 48.5 Å². The summed E-state index contributed by atoms with van der Waals surface area (Å²) in [5.41, 5.74) is 1.89. The van der Waals surface area contributed by atoms with Crippen molar-refractivity contribution in [2.45, 2.75) is 13.3 Å². The third-order valence-electron chi connectivity index (χ3n) is 2.53. The minimum atomic E-state index is 0.639. The van der Waals surface area contributed by atoms with Crippen molar-refractivity contribution < 1.29 is 4.74 Å². The highest BCUT2D eigenvalue weighted by atomic mass is 16.5. The molecule has 2 aromatic carbocycles. The molecule has 17 heavy (non-hydrogen) atoms. The second-order valence-electron chi connectivity index (χ2n) is 3.74. The fourth-order valence-corrected chi connectivity index (χ4v) is 1.56. The summed E-state index contributed by atoms with van der Waals surface area (Å²) in [5, 5.41) is 8.70. The topological polar surface area (TPSA) is 33.0 Å². The van der Waals surface area contributed by atoms with Gasteiger partial charge in [0.1, 0.15) is 11.5 Å². The Morgan fingerprint density at radius 1 is 1.06 bits per heavy atom. The predicted octanol–water partition coefficient (Wildman–Crippen LogP) is 3.91. The van der Waals surface area contributed by atoms with Crippen LogP contribution in [-0.2, 0) is 6.42 Å². The minimum Gasteiger partial charge on any atom is -0.457 e. The van der Waals surface area contributed by atoms with Crippen LogP contribution in [0.4, 0.5) is 0 Å². The minimum absolute atomic E-state index is 0.639. The number of hydrogen-bond acceptors (Lipinski definition) is 2. The molecular weight excluding hydrogens is 210 g/mol. The highest BCUT2D eigenvalue weighted by molar-refractivity contribution is 5.38. The van der Waals surface area contributed by atoms with Crippen molar-refractivity contribution in [1.29, 1.82) is 5.26 Å². The fourth-order valence-electron chi connectivity index (χ4n) is 1.56. The van der Waals surface area contributed by atoms with Crippen molar-refractivity contribution in [3.63, 3.8) is 0 Å². The van der Waals surface area contributed by atoms with Gasteiger partial charge in [-0.1, -0.05) is 19.1 Å². The van der Waals surface area contributed by atoms with E-state index in [0.717, 1.165) is 17.9 Å². The van der Waals surface area contributed by atoms with Crippen LogP contribution in [0, 0.1) is 11.3 Å². The van der Waals surface area contributed by atoms with Crippen LogP contribution in [0.5, 0.6) is 11.5 Å². The van der Waals surface area contributed by atoms with Crippen LogP contribution < -0.4 is 4.74 Å². The summed E-state index contributed by atoms with van der Waals surface area (Å²) < 4.78 is 5.71. The Morgan fingerprint density at radius 3 is 2.47 bits per heavy atom. The van der Waals surface area contributed by atoms with Crippen molar-refractivity contribution in [1.82, 2.24) is 0 Å². The van der Waals surface area contributed by atoms with E-state index >= 15 is 0 Å². The van der Waals surface area contributed by atoms with Crippen LogP contribution in [0.25, 0.3) is 0 Å². The average molecular weight is 223 g/mol. The van der Waals surface area contributed by atoms with Crippen LogP contribution in [0.3, 0.4) is 0 Å². The molecule has 0 radical (unpaired) electrons. The zero-order valence-electron chi connectivity index (χ0n) is 9.68. The van der Waals surface area contributed by atoms with Gasteiger partial charge in [0.15, 0.2) is 0 Å². The number of aryl methyl sites for hydroxylation is 1. The molecule has 0 heterocycles. The number of rotatable bonds is 3. The molecule has 0 aliphatic heterocycles. The van der Waals surface area contributed by atoms with Gasteiger partial charge < -0.3 is 4.74 Å². The second kappa shape index (κ2) is 5.18. The summed E-state index contributed by atoms with van der Waals surface area (Å²) in [6.07, 6.45) is 0.991. The SMILES string of the molecule is CCc1cccc(Oc2ccc(C#N)cc2)c1. The normalized spacial score (nSPS) is 9.65. The van der Waals surface area contributed by atoms with Gasteiger partial charge in [0.05, 0.1) is 11.6 Å². The van der Waals surface area contributed by atoms with E-state index in [1.807, 2.05) is 18.2 Å². The lowest BCUT2D eigenvalue weighted by Gasteiger charge is -2.06. The van der Waals surface area contributed by atoms with E-state index in [1.165, 1.54) is 5.56 Å². The lowest BCUT2D eigenvalue weighted by atomic mass is 10.2. The quantitative estimate of drug-likeness (QED) is 0.790. The molecule has 0 saturated carbocycles. The van der Waals surface area contributed by atoms with Crippen molar-refractivity contribution in [2.24, 2.45) is 0 Å². The molecule has 0 saturated heterocycles. The fraction of sp³-hybridized carbons (Fsp3) is 0.133. The molecule has 84 valence electrons. The van der Waals surface area contributed by atoms with Crippen molar-refractivity contribution in [2.75, 3.05) is 0 Å². The monoisotopic (exact) mass is 223 g/mol. The van der Waals surface area contributed by atoms with E-state index in [-0.39, 0.29) is 0 Å². The molecule has 0 amide bonds. The van der Waals surface area contributed by atoms with E-state index in [2.05, 4.69) is 19.1 Å². The van der Waals surface area contributed by atoms with Crippen molar-refractivity contribution >= 4 is 0 Å². The first kappa shape index (κ1) is 11.2. The predicted molar refractivity (Wildman–Crippen MR) is 67.1 cm³/mol. The van der Waals surface area contributed by atoms with Gasteiger partial charge in [0, 0.05) is 0 Å². The van der Waals surface area contributed by atoms with Crippen LogP contribution in [-0.4, -0.2) is 0 Å². The Hall–Kier alpha value is -2.27. The number of benzene rings is 2. The van der Waals surface area contributed by atoms with Gasteiger partial charge >= 0.3 is 0 Å². The summed E-state index contributed by atoms with van der Waals surface area (Å²) in [5.74, 6) is 1.58. The van der Waals surface area contributed by atoms with E-state index in [0.29, 0.717) is 5.56 Å². The van der Waals surface area contributed by atoms with E-state index < -0.39 is 0 Å².